The third-order valence-electron chi connectivity index (χ3n) is 4.95. The third kappa shape index (κ3) is 5.51. The van der Waals surface area contributed by atoms with Crippen molar-refractivity contribution >= 4 is 34.0 Å². The minimum Gasteiger partial charge on any atom is -0.496 e. The zero-order valence-corrected chi connectivity index (χ0v) is 20.8. The molecular formula is C25H26BrN3O4. The molecule has 8 heteroatoms. The number of hydrogen-bond donors (Lipinski definition) is 1. The number of rotatable bonds is 7. The first-order valence-corrected chi connectivity index (χ1v) is 11.2. The molecule has 0 aliphatic carbocycles. The van der Waals surface area contributed by atoms with E-state index in [0.29, 0.717) is 16.9 Å². The Balaban J connectivity index is 1.87. The van der Waals surface area contributed by atoms with Gasteiger partial charge < -0.3 is 14.0 Å². The van der Waals surface area contributed by atoms with Crippen LogP contribution in [-0.2, 0) is 4.74 Å². The summed E-state index contributed by atoms with van der Waals surface area (Å²) in [6.07, 6.45) is 1.36. The molecule has 0 atom stereocenters. The molecule has 0 spiro atoms. The van der Waals surface area contributed by atoms with Crippen LogP contribution in [0.4, 0.5) is 0 Å². The monoisotopic (exact) mass is 511 g/mol. The fourth-order valence-corrected chi connectivity index (χ4v) is 3.85. The van der Waals surface area contributed by atoms with E-state index in [1.54, 1.807) is 30.5 Å². The number of carbonyl (C=O) groups excluding carboxylic acids is 2. The Hall–Kier alpha value is -3.39. The summed E-state index contributed by atoms with van der Waals surface area (Å²) in [4.78, 5) is 25.2. The highest BCUT2D eigenvalue weighted by molar-refractivity contribution is 9.10. The van der Waals surface area contributed by atoms with E-state index in [1.165, 1.54) is 7.11 Å². The minimum absolute atomic E-state index is 0.215. The Bertz CT molecular complexity index is 1210. The highest BCUT2D eigenvalue weighted by Crippen LogP contribution is 2.24. The summed E-state index contributed by atoms with van der Waals surface area (Å²) in [5.41, 5.74) is 6.70. The van der Waals surface area contributed by atoms with Crippen LogP contribution in [0.2, 0.25) is 0 Å². The fourth-order valence-electron chi connectivity index (χ4n) is 3.49. The number of carbonyl (C=O) groups is 2. The van der Waals surface area contributed by atoms with Crippen molar-refractivity contribution in [1.29, 1.82) is 0 Å². The van der Waals surface area contributed by atoms with Crippen LogP contribution in [0.25, 0.3) is 5.69 Å². The first-order chi connectivity index (χ1) is 15.7. The topological polar surface area (TPSA) is 81.9 Å². The van der Waals surface area contributed by atoms with Gasteiger partial charge in [0.05, 0.1) is 36.2 Å². The molecule has 0 saturated heterocycles. The standard InChI is InChI=1S/C25H26BrN3O4/c1-15(2)33-25(31)20-8-6-7-9-22(20)29-16(3)12-18(17(29)4)14-27-28-24(30)21-13-19(26)10-11-23(21)32-5/h6-15H,1-5H3,(H,28,30)/b27-14-. The Kier molecular flexibility index (Phi) is 7.71. The molecule has 1 N–H and O–H groups in total. The van der Waals surface area contributed by atoms with E-state index in [4.69, 9.17) is 9.47 Å². The summed E-state index contributed by atoms with van der Waals surface area (Å²) in [7, 11) is 1.51. The predicted molar refractivity (Wildman–Crippen MR) is 132 cm³/mol. The van der Waals surface area contributed by atoms with Gasteiger partial charge in [-0.15, -0.1) is 0 Å². The zero-order chi connectivity index (χ0) is 24.1. The summed E-state index contributed by atoms with van der Waals surface area (Å²) in [5.74, 6) is -0.312. The maximum Gasteiger partial charge on any atom is 0.340 e. The maximum atomic E-state index is 12.6. The number of nitrogens with one attached hydrogen (secondary N) is 1. The van der Waals surface area contributed by atoms with E-state index < -0.39 is 0 Å². The lowest BCUT2D eigenvalue weighted by molar-refractivity contribution is 0.0378. The number of amides is 1. The van der Waals surface area contributed by atoms with E-state index in [9.17, 15) is 9.59 Å². The molecule has 0 bridgehead atoms. The number of methoxy groups -OCH3 is 1. The highest BCUT2D eigenvalue weighted by Gasteiger charge is 2.18. The van der Waals surface area contributed by atoms with Gasteiger partial charge in [0.2, 0.25) is 0 Å². The number of hydrogen-bond acceptors (Lipinski definition) is 5. The third-order valence-corrected chi connectivity index (χ3v) is 5.45. The smallest absolute Gasteiger partial charge is 0.340 e. The van der Waals surface area contributed by atoms with Gasteiger partial charge in [-0.2, -0.15) is 5.10 Å². The van der Waals surface area contributed by atoms with Crippen LogP contribution < -0.4 is 10.2 Å². The lowest BCUT2D eigenvalue weighted by Gasteiger charge is -2.15. The molecule has 3 aromatic rings. The average molecular weight is 512 g/mol. The van der Waals surface area contributed by atoms with Crippen LogP contribution >= 0.6 is 15.9 Å². The fraction of sp³-hybridized carbons (Fsp3) is 0.240. The van der Waals surface area contributed by atoms with Crippen LogP contribution in [0.15, 0.2) is 58.1 Å². The molecule has 0 saturated carbocycles. The zero-order valence-electron chi connectivity index (χ0n) is 19.2. The predicted octanol–water partition coefficient (Wildman–Crippen LogP) is 5.19. The molecule has 7 nitrogen and oxygen atoms in total. The molecular weight excluding hydrogens is 486 g/mol. The second kappa shape index (κ2) is 10.5. The van der Waals surface area contributed by atoms with Gasteiger partial charge >= 0.3 is 5.97 Å². The second-order valence-corrected chi connectivity index (χ2v) is 8.59. The largest absolute Gasteiger partial charge is 0.496 e. The van der Waals surface area contributed by atoms with Crippen LogP contribution in [0.3, 0.4) is 0 Å². The number of benzene rings is 2. The van der Waals surface area contributed by atoms with Gasteiger partial charge in [0.1, 0.15) is 5.75 Å². The summed E-state index contributed by atoms with van der Waals surface area (Å²) in [6, 6.07) is 14.4. The van der Waals surface area contributed by atoms with Crippen molar-refractivity contribution in [2.75, 3.05) is 7.11 Å². The van der Waals surface area contributed by atoms with Crippen LogP contribution in [0.1, 0.15) is 51.5 Å². The van der Waals surface area contributed by atoms with Crippen molar-refractivity contribution in [2.24, 2.45) is 5.10 Å². The highest BCUT2D eigenvalue weighted by atomic mass is 79.9. The lowest BCUT2D eigenvalue weighted by atomic mass is 10.1. The van der Waals surface area contributed by atoms with Crippen LogP contribution in [0.5, 0.6) is 5.75 Å². The van der Waals surface area contributed by atoms with Crippen molar-refractivity contribution < 1.29 is 19.1 Å². The van der Waals surface area contributed by atoms with E-state index in [0.717, 1.165) is 27.1 Å². The molecule has 172 valence electrons. The van der Waals surface area contributed by atoms with Crippen molar-refractivity contribution in [3.8, 4) is 11.4 Å². The number of esters is 1. The van der Waals surface area contributed by atoms with Gasteiger partial charge in [-0.25, -0.2) is 10.2 Å². The Labute approximate surface area is 201 Å². The van der Waals surface area contributed by atoms with Crippen molar-refractivity contribution in [2.45, 2.75) is 33.8 Å². The van der Waals surface area contributed by atoms with Gasteiger partial charge in [-0.1, -0.05) is 28.1 Å². The number of aromatic nitrogens is 1. The summed E-state index contributed by atoms with van der Waals surface area (Å²) in [5, 5.41) is 4.13. The minimum atomic E-state index is -0.389. The molecule has 1 amide bonds. The molecule has 0 aliphatic heterocycles. The number of nitrogens with zero attached hydrogens (tertiary/aromatic N) is 2. The molecule has 0 radical (unpaired) electrons. The van der Waals surface area contributed by atoms with E-state index in [2.05, 4.69) is 26.5 Å². The van der Waals surface area contributed by atoms with E-state index in [-0.39, 0.29) is 18.0 Å². The van der Waals surface area contributed by atoms with Gasteiger partial charge in [0.25, 0.3) is 5.91 Å². The Morgan fingerprint density at radius 2 is 1.82 bits per heavy atom. The molecule has 1 heterocycles. The number of halogens is 1. The van der Waals surface area contributed by atoms with Crippen molar-refractivity contribution in [1.82, 2.24) is 9.99 Å². The van der Waals surface area contributed by atoms with Gasteiger partial charge in [-0.05, 0) is 64.1 Å². The molecule has 0 fully saturated rings. The van der Waals surface area contributed by atoms with Gasteiger partial charge in [-0.3, -0.25) is 4.79 Å². The molecule has 3 rings (SSSR count). The van der Waals surface area contributed by atoms with Crippen molar-refractivity contribution in [3.63, 3.8) is 0 Å². The number of hydrazone groups is 1. The van der Waals surface area contributed by atoms with E-state index >= 15 is 0 Å². The number of para-hydroxylation sites is 1. The summed E-state index contributed by atoms with van der Waals surface area (Å²) in [6.45, 7) is 7.51. The Morgan fingerprint density at radius 1 is 1.09 bits per heavy atom. The Morgan fingerprint density at radius 3 is 2.52 bits per heavy atom. The molecule has 33 heavy (non-hydrogen) atoms. The molecule has 1 aromatic heterocycles. The van der Waals surface area contributed by atoms with Gasteiger partial charge in [0.15, 0.2) is 0 Å². The number of ether oxygens (including phenoxy) is 2. The first kappa shape index (κ1) is 24.3. The SMILES string of the molecule is COc1ccc(Br)cc1C(=O)N/N=C\c1cc(C)n(-c2ccccc2C(=O)OC(C)C)c1C. The number of aryl methyl sites for hydroxylation is 1. The molecule has 0 unspecified atom stereocenters. The lowest BCUT2D eigenvalue weighted by Crippen LogP contribution is -2.18. The maximum absolute atomic E-state index is 12.6. The normalized spacial score (nSPS) is 11.1. The second-order valence-electron chi connectivity index (χ2n) is 7.68. The molecule has 0 aliphatic rings. The van der Waals surface area contributed by atoms with E-state index in [1.807, 2.05) is 56.5 Å². The first-order valence-electron chi connectivity index (χ1n) is 10.4. The summed E-state index contributed by atoms with van der Waals surface area (Å²) < 4.78 is 13.4. The molecule has 2 aromatic carbocycles. The quantitative estimate of drug-likeness (QED) is 0.268. The van der Waals surface area contributed by atoms with Gasteiger partial charge in [0, 0.05) is 21.4 Å². The average Bonchev–Trinajstić information content (AvgIpc) is 3.06. The van der Waals surface area contributed by atoms with Crippen LogP contribution in [0, 0.1) is 13.8 Å². The van der Waals surface area contributed by atoms with Crippen LogP contribution in [-0.4, -0.2) is 35.9 Å². The summed E-state index contributed by atoms with van der Waals surface area (Å²) >= 11 is 3.36. The van der Waals surface area contributed by atoms with Crippen molar-refractivity contribution in [3.05, 3.63) is 81.1 Å².